The first-order valence-corrected chi connectivity index (χ1v) is 5.59. The third-order valence-corrected chi connectivity index (χ3v) is 3.10. The van der Waals surface area contributed by atoms with Crippen LogP contribution in [0, 0.1) is 0 Å². The predicted molar refractivity (Wildman–Crippen MR) is 57.7 cm³/mol. The van der Waals surface area contributed by atoms with Gasteiger partial charge in [0.1, 0.15) is 0 Å². The van der Waals surface area contributed by atoms with Crippen molar-refractivity contribution in [2.45, 2.75) is 32.8 Å². The highest BCUT2D eigenvalue weighted by molar-refractivity contribution is 7.11. The average molecular weight is 215 g/mol. The molecule has 1 heterocycles. The van der Waals surface area contributed by atoms with Crippen molar-refractivity contribution in [3.05, 3.63) is 15.6 Å². The van der Waals surface area contributed by atoms with Crippen LogP contribution in [0.3, 0.4) is 0 Å². The van der Waals surface area contributed by atoms with Gasteiger partial charge in [-0.25, -0.2) is 4.98 Å². The maximum Gasteiger partial charge on any atom is 0.0955 e. The summed E-state index contributed by atoms with van der Waals surface area (Å²) in [5.74, 6) is 0.379. The van der Waals surface area contributed by atoms with Crippen molar-refractivity contribution in [3.63, 3.8) is 0 Å². The van der Waals surface area contributed by atoms with E-state index in [4.69, 9.17) is 9.84 Å². The molecule has 3 nitrogen and oxygen atoms in total. The molecular weight excluding hydrogens is 198 g/mol. The van der Waals surface area contributed by atoms with Gasteiger partial charge in [-0.2, -0.15) is 0 Å². The third kappa shape index (κ3) is 2.77. The van der Waals surface area contributed by atoms with Gasteiger partial charge in [0, 0.05) is 13.5 Å². The monoisotopic (exact) mass is 215 g/mol. The third-order valence-electron chi connectivity index (χ3n) is 1.98. The predicted octanol–water partition coefficient (Wildman–Crippen LogP) is 1.95. The minimum absolute atomic E-state index is 0.0954. The minimum Gasteiger partial charge on any atom is -0.391 e. The molecule has 0 saturated heterocycles. The fourth-order valence-corrected chi connectivity index (χ4v) is 2.34. The SMILES string of the molecule is COCCc1nc(C(C)C)c(CO)s1. The van der Waals surface area contributed by atoms with E-state index >= 15 is 0 Å². The Balaban J connectivity index is 2.78. The molecule has 0 atom stereocenters. The number of nitrogens with zero attached hydrogens (tertiary/aromatic N) is 1. The highest BCUT2D eigenvalue weighted by Crippen LogP contribution is 2.25. The number of aliphatic hydroxyl groups is 1. The van der Waals surface area contributed by atoms with Crippen LogP contribution in [-0.2, 0) is 17.8 Å². The van der Waals surface area contributed by atoms with E-state index in [2.05, 4.69) is 18.8 Å². The van der Waals surface area contributed by atoms with E-state index in [1.807, 2.05) is 0 Å². The van der Waals surface area contributed by atoms with E-state index in [0.29, 0.717) is 12.5 Å². The number of thiazole rings is 1. The Hall–Kier alpha value is -0.450. The van der Waals surface area contributed by atoms with E-state index in [1.165, 1.54) is 0 Å². The van der Waals surface area contributed by atoms with Crippen LogP contribution >= 0.6 is 11.3 Å². The summed E-state index contributed by atoms with van der Waals surface area (Å²) in [5.41, 5.74) is 1.03. The van der Waals surface area contributed by atoms with Crippen LogP contribution in [0.15, 0.2) is 0 Å². The van der Waals surface area contributed by atoms with Crippen LogP contribution in [0.5, 0.6) is 0 Å². The molecule has 1 N–H and O–H groups in total. The first kappa shape index (κ1) is 11.6. The lowest BCUT2D eigenvalue weighted by Gasteiger charge is -2.01. The highest BCUT2D eigenvalue weighted by Gasteiger charge is 2.12. The van der Waals surface area contributed by atoms with Crippen LogP contribution < -0.4 is 0 Å². The van der Waals surface area contributed by atoms with E-state index in [9.17, 15) is 0 Å². The van der Waals surface area contributed by atoms with Crippen molar-refractivity contribution in [1.82, 2.24) is 4.98 Å². The Morgan fingerprint density at radius 2 is 2.21 bits per heavy atom. The van der Waals surface area contributed by atoms with Crippen LogP contribution in [0.4, 0.5) is 0 Å². The lowest BCUT2D eigenvalue weighted by molar-refractivity contribution is 0.202. The lowest BCUT2D eigenvalue weighted by atomic mass is 10.1. The number of aromatic nitrogens is 1. The molecule has 1 aromatic rings. The lowest BCUT2D eigenvalue weighted by Crippen LogP contribution is -1.96. The molecular formula is C10H17NO2S. The van der Waals surface area contributed by atoms with Crippen LogP contribution in [0.25, 0.3) is 0 Å². The van der Waals surface area contributed by atoms with E-state index in [0.717, 1.165) is 22.0 Å². The van der Waals surface area contributed by atoms with E-state index in [-0.39, 0.29) is 6.61 Å². The molecule has 1 rings (SSSR count). The van der Waals surface area contributed by atoms with Crippen LogP contribution in [-0.4, -0.2) is 23.8 Å². The maximum absolute atomic E-state index is 9.15. The smallest absolute Gasteiger partial charge is 0.0955 e. The van der Waals surface area contributed by atoms with Gasteiger partial charge in [0.15, 0.2) is 0 Å². The van der Waals surface area contributed by atoms with Gasteiger partial charge in [-0.3, -0.25) is 0 Å². The molecule has 0 fully saturated rings. The summed E-state index contributed by atoms with van der Waals surface area (Å²) in [5, 5.41) is 10.2. The molecule has 0 aromatic carbocycles. The number of ether oxygens (including phenoxy) is 1. The fourth-order valence-electron chi connectivity index (χ4n) is 1.27. The van der Waals surface area contributed by atoms with Crippen LogP contribution in [0.1, 0.15) is 35.3 Å². The van der Waals surface area contributed by atoms with Gasteiger partial charge < -0.3 is 9.84 Å². The van der Waals surface area contributed by atoms with Gasteiger partial charge in [0.2, 0.25) is 0 Å². The number of rotatable bonds is 5. The Labute approximate surface area is 88.8 Å². The number of hydrogen-bond donors (Lipinski definition) is 1. The first-order valence-electron chi connectivity index (χ1n) is 4.77. The summed E-state index contributed by atoms with van der Waals surface area (Å²) >= 11 is 1.59. The first-order chi connectivity index (χ1) is 6.69. The average Bonchev–Trinajstić information content (AvgIpc) is 2.57. The molecule has 0 radical (unpaired) electrons. The van der Waals surface area contributed by atoms with Gasteiger partial charge in [-0.1, -0.05) is 13.8 Å². The Morgan fingerprint density at radius 1 is 1.50 bits per heavy atom. The molecule has 14 heavy (non-hydrogen) atoms. The zero-order chi connectivity index (χ0) is 10.6. The standard InChI is InChI=1S/C10H17NO2S/c1-7(2)10-8(6-12)14-9(11-10)4-5-13-3/h7,12H,4-6H2,1-3H3. The van der Waals surface area contributed by atoms with Crippen molar-refractivity contribution in [1.29, 1.82) is 0 Å². The molecule has 1 aromatic heterocycles. The second-order valence-electron chi connectivity index (χ2n) is 3.47. The fraction of sp³-hybridized carbons (Fsp3) is 0.700. The molecule has 0 aliphatic heterocycles. The molecule has 80 valence electrons. The summed E-state index contributed by atoms with van der Waals surface area (Å²) in [6.07, 6.45) is 0.834. The topological polar surface area (TPSA) is 42.4 Å². The molecule has 4 heteroatoms. The largest absolute Gasteiger partial charge is 0.391 e. The summed E-state index contributed by atoms with van der Waals surface area (Å²) in [6, 6.07) is 0. The van der Waals surface area contributed by atoms with Gasteiger partial charge in [0.25, 0.3) is 0 Å². The second kappa shape index (κ2) is 5.44. The van der Waals surface area contributed by atoms with Gasteiger partial charge >= 0.3 is 0 Å². The molecule has 0 saturated carbocycles. The van der Waals surface area contributed by atoms with E-state index < -0.39 is 0 Å². The minimum atomic E-state index is 0.0954. The van der Waals surface area contributed by atoms with Gasteiger partial charge in [0.05, 0.1) is 28.8 Å². The summed E-state index contributed by atoms with van der Waals surface area (Å²) in [4.78, 5) is 5.49. The van der Waals surface area contributed by atoms with Crippen molar-refractivity contribution in [2.75, 3.05) is 13.7 Å². The zero-order valence-electron chi connectivity index (χ0n) is 8.91. The van der Waals surface area contributed by atoms with Crippen molar-refractivity contribution >= 4 is 11.3 Å². The number of aliphatic hydroxyl groups excluding tert-OH is 1. The molecule has 0 bridgehead atoms. The van der Waals surface area contributed by atoms with Crippen molar-refractivity contribution in [2.24, 2.45) is 0 Å². The van der Waals surface area contributed by atoms with Gasteiger partial charge in [-0.15, -0.1) is 11.3 Å². The number of hydrogen-bond acceptors (Lipinski definition) is 4. The van der Waals surface area contributed by atoms with Crippen molar-refractivity contribution in [3.8, 4) is 0 Å². The molecule has 0 aliphatic rings. The Kier molecular flexibility index (Phi) is 4.51. The summed E-state index contributed by atoms with van der Waals surface area (Å²) in [6.45, 7) is 4.97. The molecule has 0 amide bonds. The normalized spacial score (nSPS) is 11.2. The molecule has 0 aliphatic carbocycles. The Morgan fingerprint density at radius 3 is 2.64 bits per heavy atom. The molecule has 0 unspecified atom stereocenters. The zero-order valence-corrected chi connectivity index (χ0v) is 9.73. The second-order valence-corrected chi connectivity index (χ2v) is 4.64. The summed E-state index contributed by atoms with van der Waals surface area (Å²) in [7, 11) is 1.68. The quantitative estimate of drug-likeness (QED) is 0.816. The molecule has 0 spiro atoms. The van der Waals surface area contributed by atoms with Crippen molar-refractivity contribution < 1.29 is 9.84 Å². The van der Waals surface area contributed by atoms with E-state index in [1.54, 1.807) is 18.4 Å². The van der Waals surface area contributed by atoms with Gasteiger partial charge in [-0.05, 0) is 5.92 Å². The maximum atomic E-state index is 9.15. The Bertz CT molecular complexity index is 284. The highest BCUT2D eigenvalue weighted by atomic mass is 32.1. The number of methoxy groups -OCH3 is 1. The van der Waals surface area contributed by atoms with Crippen LogP contribution in [0.2, 0.25) is 0 Å². The summed E-state index contributed by atoms with van der Waals surface area (Å²) < 4.78 is 4.99.